The minimum atomic E-state index is -0.0849. The topological polar surface area (TPSA) is 73.8 Å². The van der Waals surface area contributed by atoms with Gasteiger partial charge in [0, 0.05) is 12.6 Å². The van der Waals surface area contributed by atoms with E-state index >= 15 is 0 Å². The van der Waals surface area contributed by atoms with Gasteiger partial charge in [-0.25, -0.2) is 4.98 Å². The average molecular weight is 360 g/mol. The first-order valence-corrected chi connectivity index (χ1v) is 6.73. The molecule has 0 saturated heterocycles. The molecule has 0 aliphatic rings. The van der Waals surface area contributed by atoms with Gasteiger partial charge in [0.25, 0.3) is 5.56 Å². The van der Waals surface area contributed by atoms with Gasteiger partial charge in [0.15, 0.2) is 5.82 Å². The van der Waals surface area contributed by atoms with E-state index in [1.165, 1.54) is 4.57 Å². The molecule has 0 fully saturated rings. The SMILES string of the molecule is CCCc1noc(Cn2c(C)ncc(I)c2=O)n1. The van der Waals surface area contributed by atoms with E-state index in [0.717, 1.165) is 12.8 Å². The molecular weight excluding hydrogens is 347 g/mol. The summed E-state index contributed by atoms with van der Waals surface area (Å²) in [5.41, 5.74) is -0.0849. The number of aromatic nitrogens is 4. The zero-order valence-corrected chi connectivity index (χ0v) is 12.3. The molecule has 0 N–H and O–H groups in total. The van der Waals surface area contributed by atoms with Gasteiger partial charge in [-0.05, 0) is 35.9 Å². The normalized spacial score (nSPS) is 10.8. The van der Waals surface area contributed by atoms with E-state index in [-0.39, 0.29) is 12.1 Å². The van der Waals surface area contributed by atoms with Crippen LogP contribution in [0, 0.1) is 10.5 Å². The Morgan fingerprint density at radius 2 is 2.28 bits per heavy atom. The minimum Gasteiger partial charge on any atom is -0.337 e. The lowest BCUT2D eigenvalue weighted by molar-refractivity contribution is 0.362. The summed E-state index contributed by atoms with van der Waals surface area (Å²) in [5, 5.41) is 3.86. The van der Waals surface area contributed by atoms with Crippen LogP contribution in [-0.4, -0.2) is 19.7 Å². The first-order valence-electron chi connectivity index (χ1n) is 5.65. The standard InChI is InChI=1S/C11H13IN4O2/c1-3-4-9-14-10(18-15-9)6-16-7(2)13-5-8(12)11(16)17/h5H,3-4,6H2,1-2H3. The van der Waals surface area contributed by atoms with Crippen molar-refractivity contribution in [3.05, 3.63) is 37.7 Å². The number of hydrogen-bond acceptors (Lipinski definition) is 5. The average Bonchev–Trinajstić information content (AvgIpc) is 2.78. The maximum Gasteiger partial charge on any atom is 0.267 e. The van der Waals surface area contributed by atoms with Crippen molar-refractivity contribution in [2.24, 2.45) is 0 Å². The van der Waals surface area contributed by atoms with Gasteiger partial charge in [0.1, 0.15) is 12.4 Å². The molecule has 2 aromatic heterocycles. The molecule has 0 radical (unpaired) electrons. The molecule has 7 heteroatoms. The van der Waals surface area contributed by atoms with Crippen molar-refractivity contribution >= 4 is 22.6 Å². The van der Waals surface area contributed by atoms with Gasteiger partial charge in [-0.1, -0.05) is 12.1 Å². The van der Waals surface area contributed by atoms with Crippen LogP contribution >= 0.6 is 22.6 Å². The zero-order chi connectivity index (χ0) is 13.1. The summed E-state index contributed by atoms with van der Waals surface area (Å²) >= 11 is 1.97. The zero-order valence-electron chi connectivity index (χ0n) is 10.2. The summed E-state index contributed by atoms with van der Waals surface area (Å²) in [6.07, 6.45) is 3.30. The van der Waals surface area contributed by atoms with E-state index in [4.69, 9.17) is 4.52 Å². The molecule has 0 unspecified atom stereocenters. The minimum absolute atomic E-state index is 0.0849. The number of aryl methyl sites for hydroxylation is 2. The predicted molar refractivity (Wildman–Crippen MR) is 73.3 cm³/mol. The fourth-order valence-electron chi connectivity index (χ4n) is 1.55. The van der Waals surface area contributed by atoms with E-state index in [9.17, 15) is 4.79 Å². The van der Waals surface area contributed by atoms with Crippen LogP contribution in [0.2, 0.25) is 0 Å². The smallest absolute Gasteiger partial charge is 0.267 e. The third kappa shape index (κ3) is 2.77. The quantitative estimate of drug-likeness (QED) is 0.774. The molecule has 0 amide bonds. The van der Waals surface area contributed by atoms with Crippen LogP contribution in [0.15, 0.2) is 15.5 Å². The molecule has 2 rings (SSSR count). The number of hydrogen-bond donors (Lipinski definition) is 0. The molecule has 0 saturated carbocycles. The molecule has 0 bridgehead atoms. The molecule has 0 spiro atoms. The predicted octanol–water partition coefficient (Wildman–Crippen LogP) is 1.54. The number of nitrogens with zero attached hydrogens (tertiary/aromatic N) is 4. The highest BCUT2D eigenvalue weighted by atomic mass is 127. The van der Waals surface area contributed by atoms with Crippen molar-refractivity contribution in [2.75, 3.05) is 0 Å². The van der Waals surface area contributed by atoms with Gasteiger partial charge in [-0.3, -0.25) is 9.36 Å². The number of rotatable bonds is 4. The monoisotopic (exact) mass is 360 g/mol. The summed E-state index contributed by atoms with van der Waals surface area (Å²) < 4.78 is 7.23. The van der Waals surface area contributed by atoms with Gasteiger partial charge < -0.3 is 4.52 Å². The van der Waals surface area contributed by atoms with Crippen molar-refractivity contribution in [1.29, 1.82) is 0 Å². The lowest BCUT2D eigenvalue weighted by Crippen LogP contribution is -2.26. The van der Waals surface area contributed by atoms with Crippen LogP contribution in [0.25, 0.3) is 0 Å². The Balaban J connectivity index is 2.28. The molecule has 2 heterocycles. The van der Waals surface area contributed by atoms with Crippen molar-refractivity contribution < 1.29 is 4.52 Å². The van der Waals surface area contributed by atoms with Crippen molar-refractivity contribution in [2.45, 2.75) is 33.2 Å². The first kappa shape index (κ1) is 13.2. The van der Waals surface area contributed by atoms with E-state index in [1.807, 2.05) is 29.5 Å². The lowest BCUT2D eigenvalue weighted by Gasteiger charge is -2.05. The maximum atomic E-state index is 12.0. The summed E-state index contributed by atoms with van der Waals surface area (Å²) in [6.45, 7) is 4.10. The summed E-state index contributed by atoms with van der Waals surface area (Å²) in [6, 6.07) is 0. The van der Waals surface area contributed by atoms with Gasteiger partial charge in [-0.15, -0.1) is 0 Å². The van der Waals surface area contributed by atoms with Crippen LogP contribution in [0.3, 0.4) is 0 Å². The summed E-state index contributed by atoms with van der Waals surface area (Å²) in [5.74, 6) is 1.75. The fourth-order valence-corrected chi connectivity index (χ4v) is 1.98. The van der Waals surface area contributed by atoms with E-state index in [0.29, 0.717) is 21.1 Å². The third-order valence-electron chi connectivity index (χ3n) is 2.48. The van der Waals surface area contributed by atoms with Crippen LogP contribution in [0.1, 0.15) is 30.9 Å². The summed E-state index contributed by atoms with van der Waals surface area (Å²) in [7, 11) is 0. The fraction of sp³-hybridized carbons (Fsp3) is 0.455. The van der Waals surface area contributed by atoms with E-state index < -0.39 is 0 Å². The Hall–Kier alpha value is -1.25. The second kappa shape index (κ2) is 5.59. The molecule has 0 aromatic carbocycles. The first-order chi connectivity index (χ1) is 8.61. The lowest BCUT2D eigenvalue weighted by atomic mass is 10.3. The molecule has 96 valence electrons. The van der Waals surface area contributed by atoms with Crippen molar-refractivity contribution in [3.8, 4) is 0 Å². The number of halogens is 1. The molecule has 6 nitrogen and oxygen atoms in total. The highest BCUT2D eigenvalue weighted by Crippen LogP contribution is 2.04. The van der Waals surface area contributed by atoms with Gasteiger partial charge in [0.05, 0.1) is 3.57 Å². The second-order valence-corrected chi connectivity index (χ2v) is 5.06. The van der Waals surface area contributed by atoms with Crippen LogP contribution in [-0.2, 0) is 13.0 Å². The third-order valence-corrected chi connectivity index (χ3v) is 3.22. The van der Waals surface area contributed by atoms with E-state index in [2.05, 4.69) is 15.1 Å². The maximum absolute atomic E-state index is 12.0. The van der Waals surface area contributed by atoms with Crippen LogP contribution in [0.5, 0.6) is 0 Å². The Bertz CT molecular complexity index is 605. The largest absolute Gasteiger partial charge is 0.337 e. The Labute approximate surface area is 118 Å². The molecule has 0 atom stereocenters. The molecule has 2 aromatic rings. The summed E-state index contributed by atoms with van der Waals surface area (Å²) in [4.78, 5) is 20.3. The second-order valence-electron chi connectivity index (χ2n) is 3.90. The van der Waals surface area contributed by atoms with Crippen molar-refractivity contribution in [1.82, 2.24) is 19.7 Å². The van der Waals surface area contributed by atoms with Gasteiger partial charge in [-0.2, -0.15) is 4.98 Å². The van der Waals surface area contributed by atoms with E-state index in [1.54, 1.807) is 13.1 Å². The molecule has 18 heavy (non-hydrogen) atoms. The van der Waals surface area contributed by atoms with Gasteiger partial charge >= 0.3 is 0 Å². The highest BCUT2D eigenvalue weighted by molar-refractivity contribution is 14.1. The van der Waals surface area contributed by atoms with Gasteiger partial charge in [0.2, 0.25) is 5.89 Å². The van der Waals surface area contributed by atoms with Crippen LogP contribution in [0.4, 0.5) is 0 Å². The molecule has 0 aliphatic carbocycles. The van der Waals surface area contributed by atoms with Crippen LogP contribution < -0.4 is 5.56 Å². The van der Waals surface area contributed by atoms with Crippen molar-refractivity contribution in [3.63, 3.8) is 0 Å². The molecular formula is C11H13IN4O2. The Morgan fingerprint density at radius 3 is 3.00 bits per heavy atom. The molecule has 0 aliphatic heterocycles. The Kier molecular flexibility index (Phi) is 4.10. The highest BCUT2D eigenvalue weighted by Gasteiger charge is 2.11. The Morgan fingerprint density at radius 1 is 1.50 bits per heavy atom.